The van der Waals surface area contributed by atoms with E-state index < -0.39 is 8.32 Å². The Bertz CT molecular complexity index is 558. The highest BCUT2D eigenvalue weighted by Gasteiger charge is 2.38. The lowest BCUT2D eigenvalue weighted by Crippen LogP contribution is -2.51. The van der Waals surface area contributed by atoms with Crippen LogP contribution in [-0.2, 0) is 4.43 Å². The van der Waals surface area contributed by atoms with E-state index in [1.807, 2.05) is 0 Å². The monoisotopic (exact) mass is 357 g/mol. The summed E-state index contributed by atoms with van der Waals surface area (Å²) in [5.41, 5.74) is 2.83. The largest absolute Gasteiger partial charge is 0.410 e. The van der Waals surface area contributed by atoms with Crippen molar-refractivity contribution >= 4 is 14.4 Å². The number of nitrogens with zero attached hydrogens (tertiary/aromatic N) is 1. The molecule has 2 aliphatic rings. The van der Waals surface area contributed by atoms with Crippen LogP contribution in [0.1, 0.15) is 52.0 Å². The number of hydrogen-bond donors (Lipinski definition) is 0. The van der Waals surface area contributed by atoms with Gasteiger partial charge in [-0.15, -0.1) is 0 Å². The van der Waals surface area contributed by atoms with E-state index in [9.17, 15) is 0 Å². The highest BCUT2D eigenvalue weighted by Crippen LogP contribution is 2.35. The van der Waals surface area contributed by atoms with Crippen LogP contribution in [0, 0.1) is 0 Å². The van der Waals surface area contributed by atoms with Crippen molar-refractivity contribution in [1.82, 2.24) is 4.90 Å². The second kappa shape index (κ2) is 8.66. The summed E-state index contributed by atoms with van der Waals surface area (Å²) < 4.78 is 7.00. The third-order valence-electron chi connectivity index (χ3n) is 6.51. The summed E-state index contributed by atoms with van der Waals surface area (Å²) in [7, 11) is -1.58. The first-order chi connectivity index (χ1) is 12.2. The van der Waals surface area contributed by atoms with Gasteiger partial charge in [0.05, 0.1) is 6.10 Å². The molecule has 2 heterocycles. The average Bonchev–Trinajstić information content (AvgIpc) is 2.67. The maximum atomic E-state index is 7.00. The molecule has 2 nitrogen and oxygen atoms in total. The Hall–Kier alpha value is -0.903. The molecule has 0 aliphatic carbocycles. The van der Waals surface area contributed by atoms with E-state index in [2.05, 4.69) is 62.1 Å². The van der Waals surface area contributed by atoms with E-state index >= 15 is 0 Å². The van der Waals surface area contributed by atoms with Crippen LogP contribution < -0.4 is 0 Å². The van der Waals surface area contributed by atoms with Gasteiger partial charge in [-0.3, -0.25) is 4.90 Å². The summed E-state index contributed by atoms with van der Waals surface area (Å²) in [6.45, 7) is 9.40. The third kappa shape index (κ3) is 4.44. The van der Waals surface area contributed by atoms with Crippen LogP contribution in [-0.4, -0.2) is 38.5 Å². The Balaban J connectivity index is 1.86. The van der Waals surface area contributed by atoms with Crippen LogP contribution in [0.2, 0.25) is 18.1 Å². The van der Waals surface area contributed by atoms with E-state index in [0.29, 0.717) is 6.10 Å². The fraction of sp³-hybridized carbons (Fsp3) is 0.636. The minimum atomic E-state index is -1.58. The fourth-order valence-electron chi connectivity index (χ4n) is 4.60. The molecule has 0 radical (unpaired) electrons. The Morgan fingerprint density at radius 1 is 1.08 bits per heavy atom. The van der Waals surface area contributed by atoms with Crippen LogP contribution in [0.3, 0.4) is 0 Å². The van der Waals surface area contributed by atoms with Gasteiger partial charge in [-0.1, -0.05) is 63.6 Å². The molecule has 2 atom stereocenters. The van der Waals surface area contributed by atoms with Crippen molar-refractivity contribution in [2.45, 2.75) is 76.7 Å². The lowest BCUT2D eigenvalue weighted by molar-refractivity contribution is 0.0687. The first kappa shape index (κ1) is 18.9. The fourth-order valence-corrected chi connectivity index (χ4v) is 7.45. The molecular formula is C22H35NOSi. The minimum Gasteiger partial charge on any atom is -0.410 e. The van der Waals surface area contributed by atoms with Crippen LogP contribution in [0.15, 0.2) is 35.9 Å². The third-order valence-corrected chi connectivity index (χ3v) is 11.2. The molecule has 25 heavy (non-hydrogen) atoms. The van der Waals surface area contributed by atoms with Crippen molar-refractivity contribution in [1.29, 1.82) is 0 Å². The number of piperidine rings is 2. The molecule has 0 saturated carbocycles. The van der Waals surface area contributed by atoms with Crippen molar-refractivity contribution in [3.05, 3.63) is 41.5 Å². The normalized spacial score (nSPS) is 26.6. The number of rotatable bonds is 6. The van der Waals surface area contributed by atoms with Crippen molar-refractivity contribution in [2.75, 3.05) is 13.1 Å². The van der Waals surface area contributed by atoms with Gasteiger partial charge in [0.2, 0.25) is 0 Å². The van der Waals surface area contributed by atoms with Gasteiger partial charge in [-0.25, -0.2) is 0 Å². The van der Waals surface area contributed by atoms with Gasteiger partial charge >= 0.3 is 0 Å². The van der Waals surface area contributed by atoms with Gasteiger partial charge in [0.15, 0.2) is 8.32 Å². The Morgan fingerprint density at radius 3 is 2.48 bits per heavy atom. The molecule has 2 aliphatic heterocycles. The maximum Gasteiger partial charge on any atom is 0.192 e. The minimum absolute atomic E-state index is 0.339. The molecule has 0 unspecified atom stereocenters. The van der Waals surface area contributed by atoms with Gasteiger partial charge in [0.25, 0.3) is 0 Å². The van der Waals surface area contributed by atoms with Gasteiger partial charge in [0.1, 0.15) is 0 Å². The van der Waals surface area contributed by atoms with E-state index in [1.54, 1.807) is 0 Å². The standard InChI is InChI=1S/C22H35NOSi/c1-4-25(5-2,6-3)24-22-17-21-14-10-11-15-23(21)18-20(22)16-19-12-8-7-9-13-19/h7-9,12-13,16,21-22H,4-6,10-11,14-15,17-18H2,1-3H3/b20-16+/t21-,22-/m0/s1. The summed E-state index contributed by atoms with van der Waals surface area (Å²) in [5.74, 6) is 0. The predicted molar refractivity (Wildman–Crippen MR) is 110 cm³/mol. The summed E-state index contributed by atoms with van der Waals surface area (Å²) in [4.78, 5) is 2.71. The highest BCUT2D eigenvalue weighted by atomic mass is 28.4. The van der Waals surface area contributed by atoms with E-state index in [-0.39, 0.29) is 0 Å². The number of hydrogen-bond acceptors (Lipinski definition) is 2. The lowest BCUT2D eigenvalue weighted by atomic mass is 9.88. The van der Waals surface area contributed by atoms with Crippen LogP contribution in [0.4, 0.5) is 0 Å². The molecule has 0 amide bonds. The van der Waals surface area contributed by atoms with E-state index in [0.717, 1.165) is 12.6 Å². The second-order valence-electron chi connectivity index (χ2n) is 7.84. The van der Waals surface area contributed by atoms with Gasteiger partial charge in [0, 0.05) is 12.6 Å². The molecule has 1 aromatic carbocycles. The lowest BCUT2D eigenvalue weighted by Gasteiger charge is -2.46. The maximum absolute atomic E-state index is 7.00. The van der Waals surface area contributed by atoms with Gasteiger partial charge in [-0.2, -0.15) is 0 Å². The molecule has 0 aromatic heterocycles. The van der Waals surface area contributed by atoms with Crippen molar-refractivity contribution in [3.63, 3.8) is 0 Å². The van der Waals surface area contributed by atoms with Crippen LogP contribution in [0.5, 0.6) is 0 Å². The SMILES string of the molecule is CC[Si](CC)(CC)O[C@H]1C[C@@H]2CCCCN2C/C1=C\c1ccccc1. The van der Waals surface area contributed by atoms with Crippen LogP contribution in [0.25, 0.3) is 6.08 Å². The first-order valence-corrected chi connectivity index (χ1v) is 12.9. The topological polar surface area (TPSA) is 12.5 Å². The first-order valence-electron chi connectivity index (χ1n) is 10.4. The Labute approximate surface area is 155 Å². The molecule has 0 N–H and O–H groups in total. The summed E-state index contributed by atoms with van der Waals surface area (Å²) >= 11 is 0. The molecule has 0 spiro atoms. The Kier molecular flexibility index (Phi) is 6.53. The molecule has 1 aromatic rings. The number of fused-ring (bicyclic) bond motifs is 1. The zero-order chi connectivity index (χ0) is 17.7. The molecule has 2 saturated heterocycles. The van der Waals surface area contributed by atoms with Crippen molar-refractivity contribution in [3.8, 4) is 0 Å². The highest BCUT2D eigenvalue weighted by molar-refractivity contribution is 6.73. The summed E-state index contributed by atoms with van der Waals surface area (Å²) in [5, 5.41) is 0. The number of benzene rings is 1. The summed E-state index contributed by atoms with van der Waals surface area (Å²) in [6, 6.07) is 15.3. The van der Waals surface area contributed by atoms with Gasteiger partial charge < -0.3 is 4.43 Å². The molecule has 2 fully saturated rings. The van der Waals surface area contributed by atoms with E-state index in [1.165, 1.54) is 61.5 Å². The van der Waals surface area contributed by atoms with E-state index in [4.69, 9.17) is 4.43 Å². The van der Waals surface area contributed by atoms with Crippen molar-refractivity contribution in [2.24, 2.45) is 0 Å². The van der Waals surface area contributed by atoms with Gasteiger partial charge in [-0.05, 0) is 55.1 Å². The van der Waals surface area contributed by atoms with Crippen molar-refractivity contribution < 1.29 is 4.43 Å². The molecule has 138 valence electrons. The zero-order valence-corrected chi connectivity index (χ0v) is 17.3. The second-order valence-corrected chi connectivity index (χ2v) is 12.6. The predicted octanol–water partition coefficient (Wildman–Crippen LogP) is 5.72. The molecular weight excluding hydrogens is 322 g/mol. The molecule has 3 heteroatoms. The quantitative estimate of drug-likeness (QED) is 0.604. The summed E-state index contributed by atoms with van der Waals surface area (Å²) in [6.07, 6.45) is 8.06. The van der Waals surface area contributed by atoms with Crippen LogP contribution >= 0.6 is 0 Å². The molecule has 3 rings (SSSR count). The Morgan fingerprint density at radius 2 is 1.80 bits per heavy atom. The molecule has 0 bridgehead atoms. The zero-order valence-electron chi connectivity index (χ0n) is 16.3. The average molecular weight is 358 g/mol. The smallest absolute Gasteiger partial charge is 0.192 e.